The number of carbonyl (C=O) groups is 1. The fraction of sp³-hybridized carbons (Fsp3) is 0.905. The number of nitrogens with zero attached hydrogens (tertiary/aromatic N) is 4. The first-order valence-electron chi connectivity index (χ1n) is 11.4. The summed E-state index contributed by atoms with van der Waals surface area (Å²) in [5.74, 6) is 1.25. The molecule has 1 N–H and O–H groups in total. The first-order valence-corrected chi connectivity index (χ1v) is 11.4. The van der Waals surface area contributed by atoms with Crippen molar-refractivity contribution >= 4 is 35.8 Å². The van der Waals surface area contributed by atoms with Crippen LogP contribution >= 0.6 is 24.0 Å². The van der Waals surface area contributed by atoms with Crippen molar-refractivity contribution in [1.82, 2.24) is 20.0 Å². The van der Waals surface area contributed by atoms with Gasteiger partial charge in [-0.2, -0.15) is 0 Å². The van der Waals surface area contributed by atoms with Crippen LogP contribution in [0.1, 0.15) is 39.0 Å². The third-order valence-corrected chi connectivity index (χ3v) is 6.27. The fourth-order valence-corrected chi connectivity index (χ4v) is 4.38. The van der Waals surface area contributed by atoms with E-state index < -0.39 is 0 Å². The summed E-state index contributed by atoms with van der Waals surface area (Å²) in [6.07, 6.45) is 5.65. The normalized spacial score (nSPS) is 22.7. The van der Waals surface area contributed by atoms with E-state index in [1.807, 2.05) is 11.9 Å². The van der Waals surface area contributed by atoms with Crippen molar-refractivity contribution in [2.75, 3.05) is 72.7 Å². The summed E-state index contributed by atoms with van der Waals surface area (Å²) in [5.41, 5.74) is 0. The lowest BCUT2D eigenvalue weighted by Gasteiger charge is -2.39. The van der Waals surface area contributed by atoms with Crippen molar-refractivity contribution < 1.29 is 14.3 Å². The molecule has 30 heavy (non-hydrogen) atoms. The van der Waals surface area contributed by atoms with E-state index in [0.29, 0.717) is 12.0 Å². The summed E-state index contributed by atoms with van der Waals surface area (Å²) >= 11 is 0. The number of guanidine groups is 1. The largest absolute Gasteiger partial charge is 0.381 e. The number of amides is 1. The number of carbonyl (C=O) groups excluding carboxylic acids is 1. The molecule has 1 amide bonds. The maximum atomic E-state index is 12.6. The molecule has 3 aliphatic heterocycles. The molecule has 3 rings (SSSR count). The van der Waals surface area contributed by atoms with Crippen LogP contribution in [0.25, 0.3) is 0 Å². The molecule has 1 unspecified atom stereocenters. The van der Waals surface area contributed by atoms with Gasteiger partial charge in [-0.1, -0.05) is 0 Å². The number of halogens is 1. The molecule has 8 nitrogen and oxygen atoms in total. The molecule has 9 heteroatoms. The minimum Gasteiger partial charge on any atom is -0.381 e. The molecule has 3 fully saturated rings. The summed E-state index contributed by atoms with van der Waals surface area (Å²) in [5, 5.41) is 3.47. The van der Waals surface area contributed by atoms with Gasteiger partial charge in [0.1, 0.15) is 0 Å². The molecule has 0 aromatic carbocycles. The zero-order valence-corrected chi connectivity index (χ0v) is 21.0. The van der Waals surface area contributed by atoms with Crippen molar-refractivity contribution in [2.24, 2.45) is 4.99 Å². The lowest BCUT2D eigenvalue weighted by molar-refractivity contribution is -0.135. The zero-order chi connectivity index (χ0) is 20.5. The maximum Gasteiger partial charge on any atom is 0.239 e. The molecule has 0 aromatic heterocycles. The predicted octanol–water partition coefficient (Wildman–Crippen LogP) is 1.39. The van der Waals surface area contributed by atoms with Gasteiger partial charge < -0.3 is 24.6 Å². The van der Waals surface area contributed by atoms with Crippen LogP contribution in [0.3, 0.4) is 0 Å². The minimum absolute atomic E-state index is 0. The van der Waals surface area contributed by atoms with Crippen LogP contribution in [0, 0.1) is 0 Å². The number of hydrogen-bond acceptors (Lipinski definition) is 5. The Morgan fingerprint density at radius 2 is 1.77 bits per heavy atom. The Kier molecular flexibility index (Phi) is 11.7. The fourth-order valence-electron chi connectivity index (χ4n) is 4.38. The monoisotopic (exact) mass is 537 g/mol. The highest BCUT2D eigenvalue weighted by molar-refractivity contribution is 14.0. The van der Waals surface area contributed by atoms with Crippen molar-refractivity contribution in [3.8, 4) is 0 Å². The molecule has 0 radical (unpaired) electrons. The van der Waals surface area contributed by atoms with Crippen LogP contribution in [0.2, 0.25) is 0 Å². The summed E-state index contributed by atoms with van der Waals surface area (Å²) in [7, 11) is 1.84. The number of ether oxygens (including phenoxy) is 2. The van der Waals surface area contributed by atoms with Crippen LogP contribution in [0.5, 0.6) is 0 Å². The van der Waals surface area contributed by atoms with Crippen molar-refractivity contribution in [3.05, 3.63) is 0 Å². The van der Waals surface area contributed by atoms with Crippen LogP contribution in [-0.2, 0) is 14.3 Å². The van der Waals surface area contributed by atoms with E-state index in [2.05, 4.69) is 27.0 Å². The van der Waals surface area contributed by atoms with Crippen LogP contribution in [0.15, 0.2) is 4.99 Å². The third-order valence-electron chi connectivity index (χ3n) is 6.27. The Morgan fingerprint density at radius 3 is 2.40 bits per heavy atom. The molecule has 0 spiro atoms. The van der Waals surface area contributed by atoms with E-state index in [1.54, 1.807) is 0 Å². The van der Waals surface area contributed by atoms with Gasteiger partial charge in [-0.25, -0.2) is 0 Å². The lowest BCUT2D eigenvalue weighted by atomic mass is 10.1. The highest BCUT2D eigenvalue weighted by Crippen LogP contribution is 2.14. The van der Waals surface area contributed by atoms with Gasteiger partial charge in [0.25, 0.3) is 0 Å². The molecular weight excluding hydrogens is 497 g/mol. The molecule has 0 aliphatic carbocycles. The van der Waals surface area contributed by atoms with Crippen molar-refractivity contribution in [3.63, 3.8) is 0 Å². The summed E-state index contributed by atoms with van der Waals surface area (Å²) in [6, 6.07) is -0.0208. The quantitative estimate of drug-likeness (QED) is 0.229. The maximum absolute atomic E-state index is 12.6. The molecule has 0 saturated carbocycles. The third kappa shape index (κ3) is 7.49. The van der Waals surface area contributed by atoms with Gasteiger partial charge in [0.05, 0.1) is 12.1 Å². The van der Waals surface area contributed by atoms with Gasteiger partial charge in [0.2, 0.25) is 5.91 Å². The van der Waals surface area contributed by atoms with Gasteiger partial charge in [0, 0.05) is 72.7 Å². The SMILES string of the molecule is CN=C(NCCCOC1CCOCC1)N1CCN(C(C)C(=O)N2CCCC2)CC1.I. The number of likely N-dealkylation sites (tertiary alicyclic amines) is 1. The first kappa shape index (κ1) is 25.6. The van der Waals surface area contributed by atoms with E-state index in [1.165, 1.54) is 0 Å². The zero-order valence-electron chi connectivity index (χ0n) is 18.7. The standard InChI is InChI=1S/C21H39N5O3.HI/c1-18(20(27)25-9-3-4-10-25)24-11-13-26(14-12-24)21(22-2)23-8-5-15-29-19-6-16-28-17-7-19;/h18-19H,3-17H2,1-2H3,(H,22,23);1H. The average Bonchev–Trinajstić information content (AvgIpc) is 3.31. The van der Waals surface area contributed by atoms with Crippen molar-refractivity contribution in [1.29, 1.82) is 0 Å². The second-order valence-corrected chi connectivity index (χ2v) is 8.24. The Labute approximate surface area is 198 Å². The van der Waals surface area contributed by atoms with E-state index in [9.17, 15) is 4.79 Å². The Morgan fingerprint density at radius 1 is 1.10 bits per heavy atom. The number of piperazine rings is 1. The van der Waals surface area contributed by atoms with Crippen LogP contribution < -0.4 is 5.32 Å². The molecular formula is C21H40IN5O3. The first-order chi connectivity index (χ1) is 14.2. The Hall–Kier alpha value is -0.650. The highest BCUT2D eigenvalue weighted by atomic mass is 127. The molecule has 1 atom stereocenters. The van der Waals surface area contributed by atoms with Crippen LogP contribution in [0.4, 0.5) is 0 Å². The molecule has 3 heterocycles. The Balaban J connectivity index is 0.00000320. The van der Waals surface area contributed by atoms with E-state index in [-0.39, 0.29) is 30.0 Å². The van der Waals surface area contributed by atoms with E-state index in [4.69, 9.17) is 9.47 Å². The number of nitrogens with one attached hydrogen (secondary N) is 1. The number of hydrogen-bond donors (Lipinski definition) is 1. The van der Waals surface area contributed by atoms with E-state index in [0.717, 1.165) is 104 Å². The van der Waals surface area contributed by atoms with Crippen LogP contribution in [-0.4, -0.2) is 111 Å². The molecule has 174 valence electrons. The van der Waals surface area contributed by atoms with Crippen molar-refractivity contribution in [2.45, 2.75) is 51.2 Å². The average molecular weight is 537 g/mol. The van der Waals surface area contributed by atoms with Gasteiger partial charge in [0.15, 0.2) is 5.96 Å². The van der Waals surface area contributed by atoms with Gasteiger partial charge in [-0.15, -0.1) is 24.0 Å². The molecule has 3 aliphatic rings. The second kappa shape index (κ2) is 13.7. The predicted molar refractivity (Wildman–Crippen MR) is 130 cm³/mol. The topological polar surface area (TPSA) is 69.6 Å². The highest BCUT2D eigenvalue weighted by Gasteiger charge is 2.30. The lowest BCUT2D eigenvalue weighted by Crippen LogP contribution is -2.57. The van der Waals surface area contributed by atoms with Gasteiger partial charge in [-0.3, -0.25) is 14.7 Å². The summed E-state index contributed by atoms with van der Waals surface area (Å²) < 4.78 is 11.3. The van der Waals surface area contributed by atoms with Gasteiger partial charge in [-0.05, 0) is 39.0 Å². The van der Waals surface area contributed by atoms with Gasteiger partial charge >= 0.3 is 0 Å². The molecule has 0 bridgehead atoms. The molecule has 0 aromatic rings. The summed E-state index contributed by atoms with van der Waals surface area (Å²) in [4.78, 5) is 23.7. The smallest absolute Gasteiger partial charge is 0.239 e. The Bertz CT molecular complexity index is 531. The van der Waals surface area contributed by atoms with E-state index >= 15 is 0 Å². The number of aliphatic imine (C=N–C) groups is 1. The number of rotatable bonds is 7. The molecule has 3 saturated heterocycles. The second-order valence-electron chi connectivity index (χ2n) is 8.24. The summed E-state index contributed by atoms with van der Waals surface area (Å²) in [6.45, 7) is 10.8. The minimum atomic E-state index is -0.0208.